The lowest BCUT2D eigenvalue weighted by molar-refractivity contribution is 0.0190. The summed E-state index contributed by atoms with van der Waals surface area (Å²) in [6.07, 6.45) is 3.28. The zero-order valence-electron chi connectivity index (χ0n) is 19.0. The number of nitrogens with zero attached hydrogens (tertiary/aromatic N) is 1. The fraction of sp³-hybridized carbons (Fsp3) is 0.810. The summed E-state index contributed by atoms with van der Waals surface area (Å²) in [5.41, 5.74) is 0.360. The molecular weight excluding hydrogens is 406 g/mol. The number of aromatic amines is 1. The minimum Gasteiger partial charge on any atom is -0.448 e. The van der Waals surface area contributed by atoms with E-state index in [0.29, 0.717) is 29.5 Å². The highest BCUT2D eigenvalue weighted by atomic mass is 35.5. The molecule has 0 spiro atoms. The van der Waals surface area contributed by atoms with Crippen LogP contribution in [0.2, 0.25) is 30.7 Å². The van der Waals surface area contributed by atoms with Crippen LogP contribution in [0.25, 0.3) is 0 Å². The normalized spacial score (nSPS) is 24.3. The van der Waals surface area contributed by atoms with Gasteiger partial charge in [-0.15, -0.1) is 5.10 Å². The average Bonchev–Trinajstić information content (AvgIpc) is 2.60. The van der Waals surface area contributed by atoms with E-state index in [1.54, 1.807) is 0 Å². The highest BCUT2D eigenvalue weighted by Gasteiger charge is 2.39. The summed E-state index contributed by atoms with van der Waals surface area (Å²) in [5.74, 6) is 1.34. The fourth-order valence-corrected chi connectivity index (χ4v) is 5.22. The van der Waals surface area contributed by atoms with E-state index in [0.717, 1.165) is 25.3 Å². The number of ether oxygens (including phenoxy) is 2. The van der Waals surface area contributed by atoms with Crippen LogP contribution in [0.1, 0.15) is 47.0 Å². The monoisotopic (exact) mass is 443 g/mol. The van der Waals surface area contributed by atoms with Crippen LogP contribution in [0.4, 0.5) is 5.69 Å². The minimum atomic E-state index is -1.15. The van der Waals surface area contributed by atoms with E-state index in [-0.39, 0.29) is 23.7 Å². The van der Waals surface area contributed by atoms with Crippen molar-refractivity contribution < 1.29 is 9.47 Å². The number of halogens is 1. The van der Waals surface area contributed by atoms with Crippen LogP contribution in [0.15, 0.2) is 4.79 Å². The van der Waals surface area contributed by atoms with E-state index in [1.165, 1.54) is 0 Å². The molecule has 1 aliphatic rings. The van der Waals surface area contributed by atoms with Gasteiger partial charge in [0.25, 0.3) is 11.4 Å². The summed E-state index contributed by atoms with van der Waals surface area (Å²) < 4.78 is 11.3. The summed E-state index contributed by atoms with van der Waals surface area (Å²) in [6.45, 7) is 16.8. The molecule has 2 rings (SSSR count). The Morgan fingerprint density at radius 2 is 2.03 bits per heavy atom. The number of nitrogens with one attached hydrogen (secondary N) is 2. The molecule has 0 aromatic carbocycles. The van der Waals surface area contributed by atoms with Gasteiger partial charge in [0.2, 0.25) is 0 Å². The molecule has 6 nitrogen and oxygen atoms in total. The molecule has 2 N–H and O–H groups in total. The summed E-state index contributed by atoms with van der Waals surface area (Å²) in [7, 11) is -1.15. The maximum atomic E-state index is 12.1. The van der Waals surface area contributed by atoms with Crippen LogP contribution in [-0.4, -0.2) is 37.7 Å². The van der Waals surface area contributed by atoms with Gasteiger partial charge < -0.3 is 14.8 Å². The first-order valence-electron chi connectivity index (χ1n) is 10.7. The van der Waals surface area contributed by atoms with Crippen LogP contribution < -0.4 is 15.6 Å². The number of H-pyrrole nitrogens is 1. The maximum Gasteiger partial charge on any atom is 0.285 e. The van der Waals surface area contributed by atoms with Crippen molar-refractivity contribution in [2.24, 2.45) is 17.3 Å². The highest BCUT2D eigenvalue weighted by molar-refractivity contribution is 6.76. The maximum absolute atomic E-state index is 12.1. The van der Waals surface area contributed by atoms with Gasteiger partial charge in [0.15, 0.2) is 6.79 Å². The van der Waals surface area contributed by atoms with Crippen molar-refractivity contribution in [1.29, 1.82) is 0 Å². The molecule has 0 saturated heterocycles. The predicted molar refractivity (Wildman–Crippen MR) is 123 cm³/mol. The molecule has 0 radical (unpaired) electrons. The zero-order valence-corrected chi connectivity index (χ0v) is 20.8. The van der Waals surface area contributed by atoms with Gasteiger partial charge in [-0.25, -0.2) is 5.10 Å². The smallest absolute Gasteiger partial charge is 0.285 e. The van der Waals surface area contributed by atoms with Crippen LogP contribution in [0.3, 0.4) is 0 Å². The van der Waals surface area contributed by atoms with E-state index in [2.05, 4.69) is 62.9 Å². The number of aromatic nitrogens is 2. The van der Waals surface area contributed by atoms with E-state index in [9.17, 15) is 4.79 Å². The van der Waals surface area contributed by atoms with Crippen LogP contribution in [0, 0.1) is 17.3 Å². The van der Waals surface area contributed by atoms with Gasteiger partial charge >= 0.3 is 0 Å². The first-order chi connectivity index (χ1) is 13.4. The number of rotatable bonds is 9. The summed E-state index contributed by atoms with van der Waals surface area (Å²) in [5, 5.41) is 10.0. The fourth-order valence-electron chi connectivity index (χ4n) is 4.28. The molecule has 0 unspecified atom stereocenters. The average molecular weight is 444 g/mol. The van der Waals surface area contributed by atoms with Crippen molar-refractivity contribution in [3.8, 4) is 5.88 Å². The molecule has 0 aliphatic heterocycles. The standard InChI is InChI=1S/C21H38ClN3O3Si/c1-8-15-11-16(14(2)12-21(15,3)4)23-18-17(22)19(26)24-25-20(18)28-13-27-9-10-29(5,6)7/h14-16H,8-13H2,1-7H3,(H2,23,24,26)/t14-,15+,16-/m1/s1. The molecule has 1 aliphatic carbocycles. The quantitative estimate of drug-likeness (QED) is 0.304. The second-order valence-electron chi connectivity index (χ2n) is 10.3. The number of hydrogen-bond donors (Lipinski definition) is 2. The van der Waals surface area contributed by atoms with E-state index in [4.69, 9.17) is 21.1 Å². The third-order valence-corrected chi connectivity index (χ3v) is 8.23. The Bertz CT molecular complexity index is 733. The van der Waals surface area contributed by atoms with E-state index in [1.807, 2.05) is 0 Å². The highest BCUT2D eigenvalue weighted by Crippen LogP contribution is 2.46. The number of hydrogen-bond acceptors (Lipinski definition) is 5. The van der Waals surface area contributed by atoms with Crippen molar-refractivity contribution in [3.05, 3.63) is 15.4 Å². The van der Waals surface area contributed by atoms with Crippen LogP contribution >= 0.6 is 11.6 Å². The van der Waals surface area contributed by atoms with E-state index < -0.39 is 13.6 Å². The third kappa shape index (κ3) is 6.72. The van der Waals surface area contributed by atoms with E-state index >= 15 is 0 Å². The lowest BCUT2D eigenvalue weighted by Gasteiger charge is -2.46. The second-order valence-corrected chi connectivity index (χ2v) is 16.3. The predicted octanol–water partition coefficient (Wildman–Crippen LogP) is 5.38. The lowest BCUT2D eigenvalue weighted by atomic mass is 9.63. The van der Waals surface area contributed by atoms with Gasteiger partial charge in [0.05, 0.1) is 0 Å². The van der Waals surface area contributed by atoms with Gasteiger partial charge in [-0.3, -0.25) is 4.79 Å². The molecular formula is C21H38ClN3O3Si. The molecule has 3 atom stereocenters. The Balaban J connectivity index is 2.09. The topological polar surface area (TPSA) is 76.2 Å². The van der Waals surface area contributed by atoms with Gasteiger partial charge in [0.1, 0.15) is 10.7 Å². The zero-order chi connectivity index (χ0) is 21.8. The van der Waals surface area contributed by atoms with Crippen molar-refractivity contribution in [3.63, 3.8) is 0 Å². The molecule has 8 heteroatoms. The molecule has 1 heterocycles. The summed E-state index contributed by atoms with van der Waals surface area (Å²) >= 11 is 6.33. The minimum absolute atomic E-state index is 0.0827. The molecule has 1 aromatic rings. The van der Waals surface area contributed by atoms with Gasteiger partial charge in [-0.05, 0) is 36.1 Å². The lowest BCUT2D eigenvalue weighted by Crippen LogP contribution is -2.43. The summed E-state index contributed by atoms with van der Waals surface area (Å²) in [6, 6.07) is 1.28. The van der Waals surface area contributed by atoms with Crippen LogP contribution in [-0.2, 0) is 4.74 Å². The molecule has 1 fully saturated rings. The molecule has 0 bridgehead atoms. The van der Waals surface area contributed by atoms with Gasteiger partial charge in [-0.2, -0.15) is 0 Å². The Labute approximate surface area is 181 Å². The molecule has 1 aromatic heterocycles. The molecule has 1 saturated carbocycles. The summed E-state index contributed by atoms with van der Waals surface area (Å²) in [4.78, 5) is 12.1. The largest absolute Gasteiger partial charge is 0.448 e. The Morgan fingerprint density at radius 3 is 2.66 bits per heavy atom. The van der Waals surface area contributed by atoms with Crippen molar-refractivity contribution >= 4 is 25.4 Å². The second kappa shape index (κ2) is 9.84. The first kappa shape index (κ1) is 24.2. The van der Waals surface area contributed by atoms with Crippen LogP contribution in [0.5, 0.6) is 5.88 Å². The van der Waals surface area contributed by atoms with Crippen molar-refractivity contribution in [2.75, 3.05) is 18.7 Å². The third-order valence-electron chi connectivity index (χ3n) is 6.17. The molecule has 0 amide bonds. The van der Waals surface area contributed by atoms with Gasteiger partial charge in [0, 0.05) is 20.7 Å². The molecule has 166 valence electrons. The van der Waals surface area contributed by atoms with Crippen molar-refractivity contribution in [1.82, 2.24) is 10.2 Å². The SMILES string of the molecule is CC[C@H]1C[C@@H](Nc2c(OCOCC[Si](C)(C)C)n[nH]c(=O)c2Cl)[C@H](C)CC1(C)C. The molecule has 29 heavy (non-hydrogen) atoms. The Kier molecular flexibility index (Phi) is 8.21. The Hall–Kier alpha value is -1.05. The Morgan fingerprint density at radius 1 is 1.34 bits per heavy atom. The van der Waals surface area contributed by atoms with Gasteiger partial charge in [-0.1, -0.05) is 65.4 Å². The first-order valence-corrected chi connectivity index (χ1v) is 14.8. The van der Waals surface area contributed by atoms with Crippen molar-refractivity contribution in [2.45, 2.75) is 78.7 Å². The number of anilines is 1.